The third kappa shape index (κ3) is 3.41. The SMILES string of the molecule is Nc1cc(/C(=C/C(=O)O)CC(=O)O)ccn1. The number of pyridine rings is 1. The molecule has 0 unspecified atom stereocenters. The van der Waals surface area contributed by atoms with Crippen molar-refractivity contribution in [2.75, 3.05) is 5.73 Å². The topological polar surface area (TPSA) is 114 Å². The Balaban J connectivity index is 3.11. The molecule has 0 aliphatic carbocycles. The second-order valence-corrected chi connectivity index (χ2v) is 3.05. The van der Waals surface area contributed by atoms with Crippen LogP contribution in [0.15, 0.2) is 24.4 Å². The van der Waals surface area contributed by atoms with Gasteiger partial charge in [-0.15, -0.1) is 0 Å². The van der Waals surface area contributed by atoms with Crippen LogP contribution < -0.4 is 5.73 Å². The fraction of sp³-hybridized carbons (Fsp3) is 0.100. The first-order chi connectivity index (χ1) is 7.49. The molecule has 1 aromatic rings. The molecule has 0 saturated carbocycles. The van der Waals surface area contributed by atoms with Gasteiger partial charge in [-0.1, -0.05) is 0 Å². The monoisotopic (exact) mass is 222 g/mol. The average Bonchev–Trinajstić information content (AvgIpc) is 2.15. The Morgan fingerprint density at radius 2 is 2.12 bits per heavy atom. The fourth-order valence-corrected chi connectivity index (χ4v) is 1.20. The molecule has 0 spiro atoms. The summed E-state index contributed by atoms with van der Waals surface area (Å²) in [5.41, 5.74) is 6.04. The third-order valence-electron chi connectivity index (χ3n) is 1.79. The number of hydrogen-bond donors (Lipinski definition) is 3. The van der Waals surface area contributed by atoms with E-state index in [-0.39, 0.29) is 17.8 Å². The van der Waals surface area contributed by atoms with Gasteiger partial charge in [-0.25, -0.2) is 9.78 Å². The lowest BCUT2D eigenvalue weighted by Crippen LogP contribution is -2.01. The molecular weight excluding hydrogens is 212 g/mol. The largest absolute Gasteiger partial charge is 0.481 e. The summed E-state index contributed by atoms with van der Waals surface area (Å²) in [4.78, 5) is 24.8. The van der Waals surface area contributed by atoms with E-state index in [1.807, 2.05) is 0 Å². The van der Waals surface area contributed by atoms with Crippen LogP contribution in [0.1, 0.15) is 12.0 Å². The third-order valence-corrected chi connectivity index (χ3v) is 1.79. The van der Waals surface area contributed by atoms with Crippen LogP contribution in [-0.2, 0) is 9.59 Å². The predicted octanol–water partition coefficient (Wildman–Crippen LogP) is 0.606. The number of carbonyl (C=O) groups is 2. The van der Waals surface area contributed by atoms with E-state index in [1.54, 1.807) is 0 Å². The number of anilines is 1. The fourth-order valence-electron chi connectivity index (χ4n) is 1.20. The van der Waals surface area contributed by atoms with Crippen LogP contribution in [0.25, 0.3) is 5.57 Å². The Bertz CT molecular complexity index is 454. The van der Waals surface area contributed by atoms with E-state index in [2.05, 4.69) is 4.98 Å². The average molecular weight is 222 g/mol. The molecule has 6 heteroatoms. The number of hydrogen-bond acceptors (Lipinski definition) is 4. The molecule has 0 fully saturated rings. The smallest absolute Gasteiger partial charge is 0.328 e. The Labute approximate surface area is 91.0 Å². The molecule has 0 aliphatic rings. The van der Waals surface area contributed by atoms with Crippen LogP contribution in [0.3, 0.4) is 0 Å². The summed E-state index contributed by atoms with van der Waals surface area (Å²) < 4.78 is 0. The minimum absolute atomic E-state index is 0.175. The zero-order valence-electron chi connectivity index (χ0n) is 8.25. The molecular formula is C10H10N2O4. The van der Waals surface area contributed by atoms with E-state index < -0.39 is 11.9 Å². The molecule has 1 rings (SSSR count). The maximum Gasteiger partial charge on any atom is 0.328 e. The molecule has 0 saturated heterocycles. The van der Waals surface area contributed by atoms with Crippen molar-refractivity contribution < 1.29 is 19.8 Å². The number of aliphatic carboxylic acids is 2. The molecule has 0 aliphatic heterocycles. The first kappa shape index (κ1) is 11.7. The lowest BCUT2D eigenvalue weighted by atomic mass is 10.0. The zero-order chi connectivity index (χ0) is 12.1. The minimum Gasteiger partial charge on any atom is -0.481 e. The van der Waals surface area contributed by atoms with Crippen molar-refractivity contribution in [3.63, 3.8) is 0 Å². The van der Waals surface area contributed by atoms with E-state index in [1.165, 1.54) is 18.3 Å². The van der Waals surface area contributed by atoms with Crippen molar-refractivity contribution >= 4 is 23.3 Å². The Morgan fingerprint density at radius 3 is 2.62 bits per heavy atom. The van der Waals surface area contributed by atoms with Gasteiger partial charge in [-0.2, -0.15) is 0 Å². The van der Waals surface area contributed by atoms with Gasteiger partial charge in [0, 0.05) is 12.3 Å². The summed E-state index contributed by atoms with van der Waals surface area (Å²) in [6.45, 7) is 0. The number of carboxylic acid groups (broad SMARTS) is 2. The number of rotatable bonds is 4. The van der Waals surface area contributed by atoms with Crippen molar-refractivity contribution in [3.8, 4) is 0 Å². The number of nitrogen functional groups attached to an aromatic ring is 1. The van der Waals surface area contributed by atoms with Gasteiger partial charge >= 0.3 is 11.9 Å². The van der Waals surface area contributed by atoms with Crippen LogP contribution in [0.5, 0.6) is 0 Å². The van der Waals surface area contributed by atoms with E-state index in [9.17, 15) is 9.59 Å². The summed E-state index contributed by atoms with van der Waals surface area (Å²) >= 11 is 0. The van der Waals surface area contributed by atoms with Gasteiger partial charge < -0.3 is 15.9 Å². The van der Waals surface area contributed by atoms with Gasteiger partial charge in [0.2, 0.25) is 0 Å². The normalized spacial score (nSPS) is 11.1. The van der Waals surface area contributed by atoms with Crippen LogP contribution >= 0.6 is 0 Å². The van der Waals surface area contributed by atoms with Crippen molar-refractivity contribution in [2.24, 2.45) is 0 Å². The van der Waals surface area contributed by atoms with Crippen molar-refractivity contribution in [3.05, 3.63) is 30.0 Å². The maximum atomic E-state index is 10.6. The molecule has 84 valence electrons. The minimum atomic E-state index is -1.20. The second-order valence-electron chi connectivity index (χ2n) is 3.05. The standard InChI is InChI=1S/C10H10N2O4/c11-8-3-6(1-2-12-8)7(4-9(13)14)5-10(15)16/h1-4H,5H2,(H2,11,12)(H,13,14)(H,15,16)/b7-4+. The summed E-state index contributed by atoms with van der Waals surface area (Å²) in [6.07, 6.45) is 1.86. The molecule has 0 bridgehead atoms. The van der Waals surface area contributed by atoms with E-state index in [4.69, 9.17) is 15.9 Å². The van der Waals surface area contributed by atoms with Crippen LogP contribution in [-0.4, -0.2) is 27.1 Å². The Morgan fingerprint density at radius 1 is 1.44 bits per heavy atom. The summed E-state index contributed by atoms with van der Waals surface area (Å²) in [5, 5.41) is 17.3. The highest BCUT2D eigenvalue weighted by Crippen LogP contribution is 2.19. The molecule has 0 radical (unpaired) electrons. The van der Waals surface area contributed by atoms with E-state index in [0.29, 0.717) is 5.56 Å². The quantitative estimate of drug-likeness (QED) is 0.643. The van der Waals surface area contributed by atoms with Crippen molar-refractivity contribution in [1.82, 2.24) is 4.98 Å². The van der Waals surface area contributed by atoms with E-state index >= 15 is 0 Å². The molecule has 1 heterocycles. The number of nitrogens with two attached hydrogens (primary N) is 1. The highest BCUT2D eigenvalue weighted by Gasteiger charge is 2.09. The highest BCUT2D eigenvalue weighted by molar-refractivity contribution is 5.95. The first-order valence-corrected chi connectivity index (χ1v) is 4.36. The highest BCUT2D eigenvalue weighted by atomic mass is 16.4. The van der Waals surface area contributed by atoms with Crippen molar-refractivity contribution in [2.45, 2.75) is 6.42 Å². The summed E-state index contributed by atoms with van der Waals surface area (Å²) in [7, 11) is 0. The first-order valence-electron chi connectivity index (χ1n) is 4.36. The number of nitrogens with zero attached hydrogens (tertiary/aromatic N) is 1. The number of carboxylic acids is 2. The number of aromatic nitrogens is 1. The van der Waals surface area contributed by atoms with Crippen molar-refractivity contribution in [1.29, 1.82) is 0 Å². The van der Waals surface area contributed by atoms with Gasteiger partial charge in [0.1, 0.15) is 5.82 Å². The lowest BCUT2D eigenvalue weighted by molar-refractivity contribution is -0.135. The lowest BCUT2D eigenvalue weighted by Gasteiger charge is -2.04. The van der Waals surface area contributed by atoms with Gasteiger partial charge in [-0.3, -0.25) is 4.79 Å². The van der Waals surface area contributed by atoms with Gasteiger partial charge in [0.15, 0.2) is 0 Å². The van der Waals surface area contributed by atoms with E-state index in [0.717, 1.165) is 6.08 Å². The Hall–Kier alpha value is -2.37. The predicted molar refractivity (Wildman–Crippen MR) is 56.5 cm³/mol. The summed E-state index contributed by atoms with van der Waals surface area (Å²) in [5.74, 6) is -2.10. The summed E-state index contributed by atoms with van der Waals surface area (Å²) in [6, 6.07) is 2.94. The molecule has 4 N–H and O–H groups in total. The van der Waals surface area contributed by atoms with Crippen LogP contribution in [0.4, 0.5) is 5.82 Å². The second kappa shape index (κ2) is 4.92. The zero-order valence-corrected chi connectivity index (χ0v) is 8.25. The molecule has 0 amide bonds. The van der Waals surface area contributed by atoms with Crippen LogP contribution in [0.2, 0.25) is 0 Å². The van der Waals surface area contributed by atoms with Gasteiger partial charge in [0.25, 0.3) is 0 Å². The molecule has 6 nitrogen and oxygen atoms in total. The van der Waals surface area contributed by atoms with Gasteiger partial charge in [-0.05, 0) is 23.3 Å². The van der Waals surface area contributed by atoms with Gasteiger partial charge in [0.05, 0.1) is 6.42 Å². The molecule has 0 aromatic carbocycles. The maximum absolute atomic E-state index is 10.6. The molecule has 0 atom stereocenters. The molecule has 1 aromatic heterocycles. The Kier molecular flexibility index (Phi) is 3.60. The van der Waals surface area contributed by atoms with Crippen LogP contribution in [0, 0.1) is 0 Å². The molecule has 16 heavy (non-hydrogen) atoms.